The van der Waals surface area contributed by atoms with E-state index in [2.05, 4.69) is 35.6 Å². The van der Waals surface area contributed by atoms with Gasteiger partial charge in [-0.1, -0.05) is 0 Å². The van der Waals surface area contributed by atoms with Crippen molar-refractivity contribution in [3.8, 4) is 0 Å². The molecule has 1 fully saturated rings. The third-order valence-corrected chi connectivity index (χ3v) is 3.50. The van der Waals surface area contributed by atoms with Crippen molar-refractivity contribution in [3.05, 3.63) is 23.5 Å². The summed E-state index contributed by atoms with van der Waals surface area (Å²) in [5.74, 6) is 0. The Hall–Kier alpha value is -0.840. The van der Waals surface area contributed by atoms with E-state index in [0.29, 0.717) is 12.6 Å². The van der Waals surface area contributed by atoms with Crippen LogP contribution in [0.5, 0.6) is 0 Å². The molecule has 1 unspecified atom stereocenters. The minimum atomic E-state index is 0.439. The highest BCUT2D eigenvalue weighted by molar-refractivity contribution is 5.18. The lowest BCUT2D eigenvalue weighted by Gasteiger charge is -2.32. The number of aromatic nitrogens is 1. The summed E-state index contributed by atoms with van der Waals surface area (Å²) in [5, 5.41) is 0. The van der Waals surface area contributed by atoms with E-state index in [-0.39, 0.29) is 0 Å². The number of nitrogens with zero attached hydrogens (tertiary/aromatic N) is 2. The summed E-state index contributed by atoms with van der Waals surface area (Å²) in [4.78, 5) is 2.46. The fourth-order valence-corrected chi connectivity index (χ4v) is 2.35. The van der Waals surface area contributed by atoms with Crippen molar-refractivity contribution < 1.29 is 4.74 Å². The molecule has 0 bridgehead atoms. The molecule has 0 saturated carbocycles. The molecule has 16 heavy (non-hydrogen) atoms. The highest BCUT2D eigenvalue weighted by Crippen LogP contribution is 2.22. The van der Waals surface area contributed by atoms with Gasteiger partial charge in [0, 0.05) is 44.1 Å². The summed E-state index contributed by atoms with van der Waals surface area (Å²) in [5.41, 5.74) is 8.21. The summed E-state index contributed by atoms with van der Waals surface area (Å²) in [6.45, 7) is 6.58. The largest absolute Gasteiger partial charge is 0.379 e. The van der Waals surface area contributed by atoms with Crippen LogP contribution in [0.4, 0.5) is 0 Å². The zero-order chi connectivity index (χ0) is 11.5. The Morgan fingerprint density at radius 3 is 2.62 bits per heavy atom. The Bertz CT molecular complexity index is 342. The van der Waals surface area contributed by atoms with Crippen LogP contribution >= 0.6 is 0 Å². The van der Waals surface area contributed by atoms with Gasteiger partial charge in [-0.05, 0) is 19.1 Å². The Balaban J connectivity index is 2.12. The Kier molecular flexibility index (Phi) is 3.63. The average Bonchev–Trinajstić information content (AvgIpc) is 2.70. The number of hydrogen-bond acceptors (Lipinski definition) is 3. The molecule has 1 saturated heterocycles. The first-order chi connectivity index (χ1) is 7.74. The van der Waals surface area contributed by atoms with E-state index < -0.39 is 0 Å². The maximum Gasteiger partial charge on any atom is 0.0594 e. The van der Waals surface area contributed by atoms with Crippen molar-refractivity contribution in [1.82, 2.24) is 9.47 Å². The van der Waals surface area contributed by atoms with Gasteiger partial charge in [0.2, 0.25) is 0 Å². The second-order valence-corrected chi connectivity index (χ2v) is 4.34. The molecular weight excluding hydrogens is 202 g/mol. The van der Waals surface area contributed by atoms with Crippen LogP contribution < -0.4 is 5.73 Å². The van der Waals surface area contributed by atoms with E-state index in [1.165, 1.54) is 11.4 Å². The van der Waals surface area contributed by atoms with Crippen LogP contribution in [0.15, 0.2) is 12.1 Å². The number of morpholine rings is 1. The van der Waals surface area contributed by atoms with Crippen LogP contribution in [0.3, 0.4) is 0 Å². The molecule has 0 amide bonds. The third-order valence-electron chi connectivity index (χ3n) is 3.50. The molecule has 0 aliphatic carbocycles. The van der Waals surface area contributed by atoms with Crippen LogP contribution in [0, 0.1) is 0 Å². The molecule has 2 N–H and O–H groups in total. The monoisotopic (exact) mass is 223 g/mol. The van der Waals surface area contributed by atoms with Gasteiger partial charge >= 0.3 is 0 Å². The lowest BCUT2D eigenvalue weighted by atomic mass is 10.2. The van der Waals surface area contributed by atoms with Gasteiger partial charge in [-0.2, -0.15) is 0 Å². The molecule has 1 atom stereocenters. The van der Waals surface area contributed by atoms with Crippen LogP contribution in [-0.4, -0.2) is 35.8 Å². The molecule has 0 aromatic carbocycles. The van der Waals surface area contributed by atoms with Crippen molar-refractivity contribution in [2.45, 2.75) is 19.5 Å². The van der Waals surface area contributed by atoms with E-state index >= 15 is 0 Å². The molecule has 0 spiro atoms. The summed E-state index contributed by atoms with van der Waals surface area (Å²) in [6.07, 6.45) is 0. The van der Waals surface area contributed by atoms with Gasteiger partial charge in [-0.3, -0.25) is 4.90 Å². The van der Waals surface area contributed by atoms with E-state index in [1.807, 2.05) is 0 Å². The van der Waals surface area contributed by atoms with Crippen LogP contribution in [-0.2, 0) is 18.3 Å². The minimum absolute atomic E-state index is 0.439. The lowest BCUT2D eigenvalue weighted by Crippen LogP contribution is -2.38. The predicted molar refractivity (Wildman–Crippen MR) is 64.1 cm³/mol. The number of ether oxygens (including phenoxy) is 1. The first-order valence-corrected chi connectivity index (χ1v) is 5.90. The molecule has 4 nitrogen and oxygen atoms in total. The molecule has 90 valence electrons. The van der Waals surface area contributed by atoms with Crippen molar-refractivity contribution in [2.75, 3.05) is 26.3 Å². The molecule has 1 aliphatic heterocycles. The van der Waals surface area contributed by atoms with Crippen LogP contribution in [0.25, 0.3) is 0 Å². The fraction of sp³-hybridized carbons (Fsp3) is 0.667. The normalized spacial score (nSPS) is 19.9. The zero-order valence-corrected chi connectivity index (χ0v) is 10.1. The maximum absolute atomic E-state index is 5.69. The molecular formula is C12H21N3O. The van der Waals surface area contributed by atoms with Gasteiger partial charge < -0.3 is 15.0 Å². The molecule has 1 aromatic heterocycles. The van der Waals surface area contributed by atoms with Gasteiger partial charge in [0.1, 0.15) is 0 Å². The Labute approximate surface area is 97.0 Å². The zero-order valence-electron chi connectivity index (χ0n) is 10.1. The quantitative estimate of drug-likeness (QED) is 0.827. The molecule has 2 heterocycles. The number of nitrogens with two attached hydrogens (primary N) is 1. The molecule has 4 heteroatoms. The fourth-order valence-electron chi connectivity index (χ4n) is 2.35. The van der Waals surface area contributed by atoms with Gasteiger partial charge in [-0.15, -0.1) is 0 Å². The van der Waals surface area contributed by atoms with Gasteiger partial charge in [-0.25, -0.2) is 0 Å². The lowest BCUT2D eigenvalue weighted by molar-refractivity contribution is 0.0185. The number of rotatable bonds is 3. The standard InChI is InChI=1S/C12H21N3O/c1-10(15-5-7-16-8-6-15)12-4-3-11(9-13)14(12)2/h3-4,10H,5-9,13H2,1-2H3. The summed E-state index contributed by atoms with van der Waals surface area (Å²) in [6, 6.07) is 4.74. The molecule has 1 aromatic rings. The van der Waals surface area contributed by atoms with Crippen LogP contribution in [0.1, 0.15) is 24.4 Å². The highest BCUT2D eigenvalue weighted by atomic mass is 16.5. The summed E-state index contributed by atoms with van der Waals surface area (Å²) < 4.78 is 7.58. The van der Waals surface area contributed by atoms with E-state index in [1.54, 1.807) is 0 Å². The highest BCUT2D eigenvalue weighted by Gasteiger charge is 2.20. The molecule has 0 radical (unpaired) electrons. The van der Waals surface area contributed by atoms with Crippen molar-refractivity contribution in [2.24, 2.45) is 12.8 Å². The van der Waals surface area contributed by atoms with Gasteiger partial charge in [0.15, 0.2) is 0 Å². The molecule has 2 rings (SSSR count). The second-order valence-electron chi connectivity index (χ2n) is 4.34. The summed E-state index contributed by atoms with van der Waals surface area (Å²) >= 11 is 0. The van der Waals surface area contributed by atoms with E-state index in [4.69, 9.17) is 10.5 Å². The topological polar surface area (TPSA) is 43.4 Å². The summed E-state index contributed by atoms with van der Waals surface area (Å²) in [7, 11) is 2.09. The average molecular weight is 223 g/mol. The first-order valence-electron chi connectivity index (χ1n) is 5.90. The minimum Gasteiger partial charge on any atom is -0.379 e. The van der Waals surface area contributed by atoms with Crippen LogP contribution in [0.2, 0.25) is 0 Å². The second kappa shape index (κ2) is 4.99. The van der Waals surface area contributed by atoms with Gasteiger partial charge in [0.05, 0.1) is 13.2 Å². The van der Waals surface area contributed by atoms with Gasteiger partial charge in [0.25, 0.3) is 0 Å². The SMILES string of the molecule is CC(c1ccc(CN)n1C)N1CCOCC1. The van der Waals surface area contributed by atoms with E-state index in [9.17, 15) is 0 Å². The van der Waals surface area contributed by atoms with Crippen molar-refractivity contribution >= 4 is 0 Å². The van der Waals surface area contributed by atoms with E-state index in [0.717, 1.165) is 26.3 Å². The predicted octanol–water partition coefficient (Wildman–Crippen LogP) is 0.877. The Morgan fingerprint density at radius 1 is 1.38 bits per heavy atom. The maximum atomic E-state index is 5.69. The third kappa shape index (κ3) is 2.14. The van der Waals surface area contributed by atoms with Crippen molar-refractivity contribution in [3.63, 3.8) is 0 Å². The number of hydrogen-bond donors (Lipinski definition) is 1. The first kappa shape index (κ1) is 11.6. The smallest absolute Gasteiger partial charge is 0.0594 e. The molecule has 1 aliphatic rings. The van der Waals surface area contributed by atoms with Crippen molar-refractivity contribution in [1.29, 1.82) is 0 Å². The Morgan fingerprint density at radius 2 is 2.06 bits per heavy atom.